The number of amides is 1. The molecule has 5 heteroatoms. The summed E-state index contributed by atoms with van der Waals surface area (Å²) in [6, 6.07) is 7.33. The van der Waals surface area contributed by atoms with Crippen LogP contribution < -0.4 is 11.1 Å². The normalized spacial score (nSPS) is 9.79. The first-order valence-electron chi connectivity index (χ1n) is 6.46. The molecule has 1 aromatic rings. The van der Waals surface area contributed by atoms with Crippen molar-refractivity contribution in [3.05, 3.63) is 35.4 Å². The molecule has 19 heavy (non-hydrogen) atoms. The number of carbonyl (C=O) groups is 1. The third-order valence-corrected chi connectivity index (χ3v) is 2.82. The van der Waals surface area contributed by atoms with E-state index in [1.807, 2.05) is 12.1 Å². The molecule has 0 radical (unpaired) electrons. The summed E-state index contributed by atoms with van der Waals surface area (Å²) in [5, 5.41) is 11.5. The third kappa shape index (κ3) is 7.15. The second-order valence-electron chi connectivity index (χ2n) is 4.29. The monoisotopic (exact) mass is 286 g/mol. The van der Waals surface area contributed by atoms with Crippen LogP contribution in [-0.4, -0.2) is 24.2 Å². The van der Waals surface area contributed by atoms with Crippen molar-refractivity contribution < 1.29 is 9.90 Å². The Balaban J connectivity index is 0.00000324. The lowest BCUT2D eigenvalue weighted by molar-refractivity contribution is 0.0953. The summed E-state index contributed by atoms with van der Waals surface area (Å²) in [5.74, 6) is -0.0410. The average Bonchev–Trinajstić information content (AvgIpc) is 2.42. The smallest absolute Gasteiger partial charge is 0.251 e. The van der Waals surface area contributed by atoms with Gasteiger partial charge in [0, 0.05) is 25.3 Å². The first-order valence-corrected chi connectivity index (χ1v) is 6.46. The fraction of sp³-hybridized carbons (Fsp3) is 0.500. The SMILES string of the molecule is Cl.NCc1ccc(C(=O)NCCCCCCO)cc1. The highest BCUT2D eigenvalue weighted by atomic mass is 35.5. The molecule has 4 N–H and O–H groups in total. The minimum atomic E-state index is -0.0410. The molecular weight excluding hydrogens is 264 g/mol. The highest BCUT2D eigenvalue weighted by Gasteiger charge is 2.03. The van der Waals surface area contributed by atoms with Crippen LogP contribution in [-0.2, 0) is 6.54 Å². The molecule has 0 aliphatic heterocycles. The zero-order valence-electron chi connectivity index (χ0n) is 11.1. The largest absolute Gasteiger partial charge is 0.396 e. The zero-order valence-corrected chi connectivity index (χ0v) is 11.9. The van der Waals surface area contributed by atoms with Gasteiger partial charge in [0.05, 0.1) is 0 Å². The summed E-state index contributed by atoms with van der Waals surface area (Å²) in [5.41, 5.74) is 7.19. The summed E-state index contributed by atoms with van der Waals surface area (Å²) < 4.78 is 0. The summed E-state index contributed by atoms with van der Waals surface area (Å²) in [7, 11) is 0. The van der Waals surface area contributed by atoms with Gasteiger partial charge in [-0.15, -0.1) is 12.4 Å². The molecule has 0 saturated heterocycles. The van der Waals surface area contributed by atoms with Gasteiger partial charge in [0.25, 0.3) is 5.91 Å². The Morgan fingerprint density at radius 3 is 2.32 bits per heavy atom. The van der Waals surface area contributed by atoms with E-state index in [-0.39, 0.29) is 24.9 Å². The number of carbonyl (C=O) groups excluding carboxylic acids is 1. The molecule has 1 aromatic carbocycles. The van der Waals surface area contributed by atoms with Crippen LogP contribution in [0.1, 0.15) is 41.6 Å². The molecule has 0 spiro atoms. The molecule has 0 bridgehead atoms. The van der Waals surface area contributed by atoms with Gasteiger partial charge >= 0.3 is 0 Å². The van der Waals surface area contributed by atoms with E-state index in [0.29, 0.717) is 18.7 Å². The van der Waals surface area contributed by atoms with Crippen molar-refractivity contribution >= 4 is 18.3 Å². The van der Waals surface area contributed by atoms with Crippen LogP contribution in [0.3, 0.4) is 0 Å². The molecule has 0 aromatic heterocycles. The molecule has 0 unspecified atom stereocenters. The number of halogens is 1. The quantitative estimate of drug-likeness (QED) is 0.639. The Morgan fingerprint density at radius 2 is 1.74 bits per heavy atom. The summed E-state index contributed by atoms with van der Waals surface area (Å²) in [4.78, 5) is 11.8. The van der Waals surface area contributed by atoms with E-state index in [0.717, 1.165) is 31.2 Å². The van der Waals surface area contributed by atoms with Gasteiger partial charge in [-0.25, -0.2) is 0 Å². The lowest BCUT2D eigenvalue weighted by atomic mass is 10.1. The van der Waals surface area contributed by atoms with Crippen LogP contribution in [0.15, 0.2) is 24.3 Å². The molecule has 0 heterocycles. The van der Waals surface area contributed by atoms with Crippen molar-refractivity contribution in [1.29, 1.82) is 0 Å². The van der Waals surface area contributed by atoms with Crippen LogP contribution in [0.5, 0.6) is 0 Å². The molecule has 0 aliphatic rings. The van der Waals surface area contributed by atoms with Crippen LogP contribution >= 0.6 is 12.4 Å². The second kappa shape index (κ2) is 10.8. The van der Waals surface area contributed by atoms with Gasteiger partial charge in [-0.1, -0.05) is 25.0 Å². The molecule has 1 rings (SSSR count). The topological polar surface area (TPSA) is 75.4 Å². The molecule has 0 saturated carbocycles. The van der Waals surface area contributed by atoms with Crippen LogP contribution in [0, 0.1) is 0 Å². The van der Waals surface area contributed by atoms with Gasteiger partial charge in [0.1, 0.15) is 0 Å². The van der Waals surface area contributed by atoms with Crippen molar-refractivity contribution in [2.75, 3.05) is 13.2 Å². The Labute approximate surface area is 120 Å². The predicted octanol–water partition coefficient (Wildman–Crippen LogP) is 1.85. The Morgan fingerprint density at radius 1 is 1.11 bits per heavy atom. The van der Waals surface area contributed by atoms with E-state index in [1.54, 1.807) is 12.1 Å². The lowest BCUT2D eigenvalue weighted by Gasteiger charge is -2.05. The fourth-order valence-corrected chi connectivity index (χ4v) is 1.69. The maximum atomic E-state index is 11.8. The van der Waals surface area contributed by atoms with Gasteiger partial charge < -0.3 is 16.2 Å². The number of nitrogens with two attached hydrogens (primary N) is 1. The minimum absolute atomic E-state index is 0. The Bertz CT molecular complexity index is 355. The highest BCUT2D eigenvalue weighted by Crippen LogP contribution is 2.04. The Hall–Kier alpha value is -1.10. The fourth-order valence-electron chi connectivity index (χ4n) is 1.69. The maximum Gasteiger partial charge on any atom is 0.251 e. The van der Waals surface area contributed by atoms with Crippen LogP contribution in [0.4, 0.5) is 0 Å². The Kier molecular flexibility index (Phi) is 10.2. The van der Waals surface area contributed by atoms with Gasteiger partial charge in [-0.3, -0.25) is 4.79 Å². The van der Waals surface area contributed by atoms with E-state index in [1.165, 1.54) is 0 Å². The van der Waals surface area contributed by atoms with Crippen molar-refractivity contribution in [3.8, 4) is 0 Å². The van der Waals surface area contributed by atoms with Crippen LogP contribution in [0.2, 0.25) is 0 Å². The standard InChI is InChI=1S/C14H22N2O2.ClH/c15-11-12-5-7-13(8-6-12)14(18)16-9-3-1-2-4-10-17;/h5-8,17H,1-4,9-11,15H2,(H,16,18);1H. The summed E-state index contributed by atoms with van der Waals surface area (Å²) >= 11 is 0. The van der Waals surface area contributed by atoms with E-state index in [2.05, 4.69) is 5.32 Å². The van der Waals surface area contributed by atoms with E-state index >= 15 is 0 Å². The highest BCUT2D eigenvalue weighted by molar-refractivity contribution is 5.94. The number of hydrogen-bond acceptors (Lipinski definition) is 3. The first-order chi connectivity index (χ1) is 8.77. The predicted molar refractivity (Wildman–Crippen MR) is 79.5 cm³/mol. The lowest BCUT2D eigenvalue weighted by Crippen LogP contribution is -2.24. The van der Waals surface area contributed by atoms with Crippen molar-refractivity contribution in [2.45, 2.75) is 32.2 Å². The van der Waals surface area contributed by atoms with Gasteiger partial charge in [0.15, 0.2) is 0 Å². The number of nitrogens with one attached hydrogen (secondary N) is 1. The van der Waals surface area contributed by atoms with Gasteiger partial charge in [-0.05, 0) is 30.5 Å². The number of unbranched alkanes of at least 4 members (excludes halogenated alkanes) is 3. The number of hydrogen-bond donors (Lipinski definition) is 3. The van der Waals surface area contributed by atoms with Gasteiger partial charge in [0.2, 0.25) is 0 Å². The van der Waals surface area contributed by atoms with E-state index in [9.17, 15) is 4.79 Å². The van der Waals surface area contributed by atoms with Crippen LogP contribution in [0.25, 0.3) is 0 Å². The van der Waals surface area contributed by atoms with E-state index in [4.69, 9.17) is 10.8 Å². The average molecular weight is 287 g/mol. The summed E-state index contributed by atoms with van der Waals surface area (Å²) in [6.45, 7) is 1.43. The first kappa shape index (κ1) is 17.9. The number of benzene rings is 1. The molecule has 4 nitrogen and oxygen atoms in total. The maximum absolute atomic E-state index is 11.8. The van der Waals surface area contributed by atoms with E-state index < -0.39 is 0 Å². The molecule has 0 fully saturated rings. The molecule has 0 atom stereocenters. The molecule has 108 valence electrons. The number of rotatable bonds is 8. The third-order valence-electron chi connectivity index (χ3n) is 2.82. The zero-order chi connectivity index (χ0) is 13.2. The minimum Gasteiger partial charge on any atom is -0.396 e. The second-order valence-corrected chi connectivity index (χ2v) is 4.29. The molecule has 1 amide bonds. The number of aliphatic hydroxyl groups is 1. The van der Waals surface area contributed by atoms with Crippen molar-refractivity contribution in [3.63, 3.8) is 0 Å². The van der Waals surface area contributed by atoms with Crippen molar-refractivity contribution in [2.24, 2.45) is 5.73 Å². The van der Waals surface area contributed by atoms with Crippen molar-refractivity contribution in [1.82, 2.24) is 5.32 Å². The van der Waals surface area contributed by atoms with Gasteiger partial charge in [-0.2, -0.15) is 0 Å². The summed E-state index contributed by atoms with van der Waals surface area (Å²) in [6.07, 6.45) is 3.84. The number of aliphatic hydroxyl groups excluding tert-OH is 1. The molecular formula is C14H23ClN2O2. The molecule has 0 aliphatic carbocycles.